The summed E-state index contributed by atoms with van der Waals surface area (Å²) >= 11 is 3.35. The van der Waals surface area contributed by atoms with Gasteiger partial charge in [0.2, 0.25) is 5.91 Å². The molecule has 1 aromatic rings. The van der Waals surface area contributed by atoms with Gasteiger partial charge in [0.25, 0.3) is 5.91 Å². The number of hydrogen-bond acceptors (Lipinski definition) is 4. The van der Waals surface area contributed by atoms with Crippen molar-refractivity contribution in [2.24, 2.45) is 5.41 Å². The van der Waals surface area contributed by atoms with Gasteiger partial charge < -0.3 is 20.4 Å². The van der Waals surface area contributed by atoms with Gasteiger partial charge in [0.1, 0.15) is 6.04 Å². The molecule has 150 valence electrons. The molecule has 6 nitrogen and oxygen atoms in total. The van der Waals surface area contributed by atoms with Crippen molar-refractivity contribution in [2.75, 3.05) is 13.2 Å². The van der Waals surface area contributed by atoms with Crippen molar-refractivity contribution in [1.29, 1.82) is 0 Å². The van der Waals surface area contributed by atoms with Crippen LogP contribution >= 0.6 is 15.9 Å². The monoisotopic (exact) mass is 440 g/mol. The number of halogens is 1. The molecule has 0 aromatic heterocycles. The minimum absolute atomic E-state index is 0.171. The minimum Gasteiger partial charge on any atom is -0.394 e. The summed E-state index contributed by atoms with van der Waals surface area (Å²) in [6.45, 7) is 5.99. The molecule has 1 heterocycles. The number of nitrogens with one attached hydrogen (secondary N) is 1. The average molecular weight is 441 g/mol. The maximum Gasteiger partial charge on any atom is 0.254 e. The maximum atomic E-state index is 12.8. The number of benzene rings is 1. The third-order valence-electron chi connectivity index (χ3n) is 4.98. The summed E-state index contributed by atoms with van der Waals surface area (Å²) in [4.78, 5) is 27.1. The second kappa shape index (κ2) is 9.17. The first-order chi connectivity index (χ1) is 12.6. The highest BCUT2D eigenvalue weighted by atomic mass is 79.9. The first-order valence-corrected chi connectivity index (χ1v) is 10.1. The number of amides is 2. The number of hydrogen-bond donors (Lipinski definition) is 3. The summed E-state index contributed by atoms with van der Waals surface area (Å²) in [7, 11) is 0. The van der Waals surface area contributed by atoms with Crippen LogP contribution in [0.1, 0.15) is 50.4 Å². The van der Waals surface area contributed by atoms with Crippen molar-refractivity contribution in [2.45, 2.75) is 58.2 Å². The zero-order valence-corrected chi connectivity index (χ0v) is 17.7. The number of aliphatic hydroxyl groups is 2. The van der Waals surface area contributed by atoms with E-state index < -0.39 is 18.2 Å². The highest BCUT2D eigenvalue weighted by Gasteiger charge is 2.36. The Balaban J connectivity index is 2.03. The second-order valence-electron chi connectivity index (χ2n) is 8.17. The van der Waals surface area contributed by atoms with E-state index in [2.05, 4.69) is 21.2 Å². The highest BCUT2D eigenvalue weighted by molar-refractivity contribution is 9.10. The van der Waals surface area contributed by atoms with E-state index in [4.69, 9.17) is 0 Å². The normalized spacial score (nSPS) is 19.6. The lowest BCUT2D eigenvalue weighted by Crippen LogP contribution is -2.51. The standard InChI is InChI=1S/C20H29BrN2O4/c1-20(2,3)17(25)11-15(12-24)22-18(26)16-5-4-10-23(16)19(27)13-6-8-14(21)9-7-13/h6-9,15-17,24-25H,4-5,10-12H2,1-3H3,(H,22,26)/t15-,16-,17+/m0/s1. The van der Waals surface area contributed by atoms with Crippen LogP contribution in [0, 0.1) is 5.41 Å². The van der Waals surface area contributed by atoms with Gasteiger partial charge in [0, 0.05) is 16.6 Å². The number of likely N-dealkylation sites (tertiary alicyclic amines) is 1. The van der Waals surface area contributed by atoms with Crippen molar-refractivity contribution < 1.29 is 19.8 Å². The Hall–Kier alpha value is -1.44. The summed E-state index contributed by atoms with van der Waals surface area (Å²) in [5.74, 6) is -0.450. The molecule has 1 fully saturated rings. The van der Waals surface area contributed by atoms with Gasteiger partial charge >= 0.3 is 0 Å². The number of carbonyl (C=O) groups excluding carboxylic acids is 2. The van der Waals surface area contributed by atoms with Crippen molar-refractivity contribution >= 4 is 27.7 Å². The Kier molecular flexibility index (Phi) is 7.42. The molecule has 1 saturated heterocycles. The lowest BCUT2D eigenvalue weighted by Gasteiger charge is -2.30. The lowest BCUT2D eigenvalue weighted by molar-refractivity contribution is -0.126. The summed E-state index contributed by atoms with van der Waals surface area (Å²) in [5, 5.41) is 22.7. The molecule has 0 spiro atoms. The Morgan fingerprint density at radius 1 is 1.30 bits per heavy atom. The average Bonchev–Trinajstić information content (AvgIpc) is 3.10. The van der Waals surface area contributed by atoms with Gasteiger partial charge in [-0.3, -0.25) is 9.59 Å². The van der Waals surface area contributed by atoms with Crippen molar-refractivity contribution in [3.05, 3.63) is 34.3 Å². The van der Waals surface area contributed by atoms with E-state index >= 15 is 0 Å². The lowest BCUT2D eigenvalue weighted by atomic mass is 9.85. The predicted octanol–water partition coefficient (Wildman–Crippen LogP) is 2.33. The first kappa shape index (κ1) is 21.9. The van der Waals surface area contributed by atoms with Crippen LogP contribution in [0.3, 0.4) is 0 Å². The van der Waals surface area contributed by atoms with Gasteiger partial charge in [-0.25, -0.2) is 0 Å². The molecule has 1 aromatic carbocycles. The molecule has 0 saturated carbocycles. The summed E-state index contributed by atoms with van der Waals surface area (Å²) in [5.41, 5.74) is 0.203. The zero-order chi connectivity index (χ0) is 20.2. The van der Waals surface area contributed by atoms with Gasteiger partial charge in [-0.1, -0.05) is 36.7 Å². The van der Waals surface area contributed by atoms with Crippen LogP contribution in [0.15, 0.2) is 28.7 Å². The van der Waals surface area contributed by atoms with Gasteiger partial charge in [0.15, 0.2) is 0 Å². The molecule has 1 aliphatic rings. The minimum atomic E-state index is -0.654. The topological polar surface area (TPSA) is 89.9 Å². The fourth-order valence-electron chi connectivity index (χ4n) is 3.14. The Morgan fingerprint density at radius 2 is 1.93 bits per heavy atom. The number of carbonyl (C=O) groups is 2. The van der Waals surface area contributed by atoms with E-state index in [-0.39, 0.29) is 30.3 Å². The van der Waals surface area contributed by atoms with Crippen molar-refractivity contribution in [1.82, 2.24) is 10.2 Å². The Morgan fingerprint density at radius 3 is 2.48 bits per heavy atom. The van der Waals surface area contributed by atoms with E-state index in [1.807, 2.05) is 20.8 Å². The van der Waals surface area contributed by atoms with Gasteiger partial charge in [-0.2, -0.15) is 0 Å². The van der Waals surface area contributed by atoms with Gasteiger partial charge in [-0.05, 0) is 48.9 Å². The van der Waals surface area contributed by atoms with Crippen LogP contribution in [0.25, 0.3) is 0 Å². The molecule has 3 atom stereocenters. The highest BCUT2D eigenvalue weighted by Crippen LogP contribution is 2.24. The number of aliphatic hydroxyl groups excluding tert-OH is 2. The van der Waals surface area contributed by atoms with E-state index in [9.17, 15) is 19.8 Å². The summed E-state index contributed by atoms with van der Waals surface area (Å²) in [6.07, 6.45) is 0.959. The molecule has 2 amide bonds. The summed E-state index contributed by atoms with van der Waals surface area (Å²) < 4.78 is 0.887. The molecule has 0 radical (unpaired) electrons. The van der Waals surface area contributed by atoms with Crippen LogP contribution in [0.5, 0.6) is 0 Å². The van der Waals surface area contributed by atoms with E-state index in [0.717, 1.165) is 10.9 Å². The quantitative estimate of drug-likeness (QED) is 0.632. The van der Waals surface area contributed by atoms with Crippen LogP contribution in [0.4, 0.5) is 0 Å². The first-order valence-electron chi connectivity index (χ1n) is 9.29. The molecule has 27 heavy (non-hydrogen) atoms. The van der Waals surface area contributed by atoms with Gasteiger partial charge in [-0.15, -0.1) is 0 Å². The smallest absolute Gasteiger partial charge is 0.254 e. The van der Waals surface area contributed by atoms with E-state index in [0.29, 0.717) is 18.5 Å². The SMILES string of the molecule is CC(C)(C)[C@H](O)C[C@@H](CO)NC(=O)[C@@H]1CCCN1C(=O)c1ccc(Br)cc1. The third-order valence-corrected chi connectivity index (χ3v) is 5.51. The van der Waals surface area contributed by atoms with Crippen LogP contribution in [0.2, 0.25) is 0 Å². The number of rotatable bonds is 6. The Labute approximate surface area is 169 Å². The van der Waals surface area contributed by atoms with Crippen LogP contribution in [-0.4, -0.2) is 58.3 Å². The molecule has 3 N–H and O–H groups in total. The van der Waals surface area contributed by atoms with E-state index in [1.165, 1.54) is 0 Å². The molecule has 7 heteroatoms. The van der Waals surface area contributed by atoms with E-state index in [1.54, 1.807) is 29.2 Å². The fraction of sp³-hybridized carbons (Fsp3) is 0.600. The second-order valence-corrected chi connectivity index (χ2v) is 9.08. The maximum absolute atomic E-state index is 12.8. The molecule has 0 bridgehead atoms. The molecule has 0 unspecified atom stereocenters. The van der Waals surface area contributed by atoms with Crippen LogP contribution in [-0.2, 0) is 4.79 Å². The van der Waals surface area contributed by atoms with Crippen molar-refractivity contribution in [3.8, 4) is 0 Å². The summed E-state index contributed by atoms with van der Waals surface area (Å²) in [6, 6.07) is 5.97. The number of nitrogens with zero attached hydrogens (tertiary/aromatic N) is 1. The fourth-order valence-corrected chi connectivity index (χ4v) is 3.40. The molecular formula is C20H29BrN2O4. The third kappa shape index (κ3) is 5.77. The molecule has 0 aliphatic carbocycles. The van der Waals surface area contributed by atoms with Crippen LogP contribution < -0.4 is 5.32 Å². The molecule has 2 rings (SSSR count). The zero-order valence-electron chi connectivity index (χ0n) is 16.1. The molecule has 1 aliphatic heterocycles. The van der Waals surface area contributed by atoms with Gasteiger partial charge in [0.05, 0.1) is 18.8 Å². The van der Waals surface area contributed by atoms with Crippen molar-refractivity contribution in [3.63, 3.8) is 0 Å². The Bertz CT molecular complexity index is 657. The predicted molar refractivity (Wildman–Crippen MR) is 107 cm³/mol. The molecular weight excluding hydrogens is 412 g/mol. The largest absolute Gasteiger partial charge is 0.394 e.